The lowest BCUT2D eigenvalue weighted by molar-refractivity contribution is -0.141. The Bertz CT molecular complexity index is 1250. The van der Waals surface area contributed by atoms with Crippen LogP contribution in [0.5, 0.6) is 0 Å². The lowest BCUT2D eigenvalue weighted by Crippen LogP contribution is -2.47. The smallest absolute Gasteiger partial charge is 0.247 e. The van der Waals surface area contributed by atoms with E-state index in [0.29, 0.717) is 17.1 Å². The van der Waals surface area contributed by atoms with Crippen LogP contribution in [0.15, 0.2) is 84.9 Å². The zero-order chi connectivity index (χ0) is 26.1. The van der Waals surface area contributed by atoms with Gasteiger partial charge in [0, 0.05) is 24.7 Å². The molecule has 0 aromatic heterocycles. The number of benzene rings is 3. The van der Waals surface area contributed by atoms with E-state index in [-0.39, 0.29) is 19.0 Å². The molecule has 0 heterocycles. The van der Waals surface area contributed by atoms with Gasteiger partial charge in [-0.05, 0) is 35.7 Å². The molecule has 7 nitrogen and oxygen atoms in total. The van der Waals surface area contributed by atoms with Gasteiger partial charge in [0.2, 0.25) is 21.8 Å². The summed E-state index contributed by atoms with van der Waals surface area (Å²) in [5, 5.41) is 3.36. The molecule has 0 aliphatic rings. The minimum atomic E-state index is -3.72. The monoisotopic (exact) mass is 527 g/mol. The number of halogens is 1. The Morgan fingerprint density at radius 2 is 1.42 bits per heavy atom. The highest BCUT2D eigenvalue weighted by atomic mass is 35.5. The van der Waals surface area contributed by atoms with Gasteiger partial charge in [0.25, 0.3) is 0 Å². The molecule has 36 heavy (non-hydrogen) atoms. The molecule has 0 unspecified atom stereocenters. The second-order valence-corrected chi connectivity index (χ2v) is 10.8. The second kappa shape index (κ2) is 12.7. The van der Waals surface area contributed by atoms with Crippen molar-refractivity contribution in [2.75, 3.05) is 19.3 Å². The molecule has 3 aromatic carbocycles. The van der Waals surface area contributed by atoms with Crippen LogP contribution in [0.2, 0.25) is 5.02 Å². The largest absolute Gasteiger partial charge is 0.354 e. The summed E-state index contributed by atoms with van der Waals surface area (Å²) in [5.74, 6) is -0.841. The van der Waals surface area contributed by atoms with Gasteiger partial charge in [0.05, 0.1) is 12.8 Å². The first-order valence-electron chi connectivity index (χ1n) is 11.5. The number of likely N-dealkylation sites (N-methyl/N-ethyl adjacent to an activating group) is 1. The summed E-state index contributed by atoms with van der Waals surface area (Å²) in [6, 6.07) is 24.1. The molecule has 3 aromatic rings. The fourth-order valence-corrected chi connectivity index (χ4v) is 4.66. The molecule has 0 fully saturated rings. The van der Waals surface area contributed by atoms with Gasteiger partial charge in [-0.3, -0.25) is 9.59 Å². The Labute approximate surface area is 217 Å². The third-order valence-electron chi connectivity index (χ3n) is 5.60. The first-order chi connectivity index (χ1) is 17.2. The number of hydrogen-bond acceptors (Lipinski definition) is 4. The third kappa shape index (κ3) is 7.65. The molecule has 2 amide bonds. The minimum absolute atomic E-state index is 0.0390. The van der Waals surface area contributed by atoms with Gasteiger partial charge in [0.15, 0.2) is 0 Å². The van der Waals surface area contributed by atoms with Crippen molar-refractivity contribution < 1.29 is 18.0 Å². The molecule has 9 heteroatoms. The van der Waals surface area contributed by atoms with E-state index in [1.165, 1.54) is 4.90 Å². The summed E-state index contributed by atoms with van der Waals surface area (Å²) < 4.78 is 26.4. The lowest BCUT2D eigenvalue weighted by Gasteiger charge is -2.33. The standard InChI is InChI=1S/C27H30ClN3O4S/c1-3-29-27(33)26(23-12-8-5-9-13-23)31(19-22-14-16-24(28)17-15-22)25(32)20-30(36(2,34)35)18-21-10-6-4-7-11-21/h4-17,26H,3,18-20H2,1-2H3,(H,29,33)/t26-/m1/s1. The quantitative estimate of drug-likeness (QED) is 0.408. The van der Waals surface area contributed by atoms with Crippen molar-refractivity contribution in [3.05, 3.63) is 107 Å². The van der Waals surface area contributed by atoms with E-state index in [1.54, 1.807) is 67.6 Å². The number of carbonyl (C=O) groups excluding carboxylic acids is 2. The Morgan fingerprint density at radius 1 is 0.861 bits per heavy atom. The van der Waals surface area contributed by atoms with Crippen molar-refractivity contribution in [1.29, 1.82) is 0 Å². The van der Waals surface area contributed by atoms with E-state index in [0.717, 1.165) is 21.7 Å². The van der Waals surface area contributed by atoms with E-state index >= 15 is 0 Å². The summed E-state index contributed by atoms with van der Waals surface area (Å²) in [7, 11) is -3.72. The van der Waals surface area contributed by atoms with Gasteiger partial charge < -0.3 is 10.2 Å². The number of rotatable bonds is 11. The summed E-state index contributed by atoms with van der Waals surface area (Å²) in [6.07, 6.45) is 1.07. The fraction of sp³-hybridized carbons (Fsp3) is 0.259. The molecule has 0 saturated carbocycles. The molecule has 0 bridgehead atoms. The van der Waals surface area contributed by atoms with Crippen molar-refractivity contribution >= 4 is 33.4 Å². The number of nitrogens with one attached hydrogen (secondary N) is 1. The molecular formula is C27H30ClN3O4S. The highest BCUT2D eigenvalue weighted by Gasteiger charge is 2.33. The van der Waals surface area contributed by atoms with Crippen LogP contribution in [0.25, 0.3) is 0 Å². The average molecular weight is 528 g/mol. The first kappa shape index (κ1) is 27.4. The summed E-state index contributed by atoms with van der Waals surface area (Å²) in [6.45, 7) is 1.90. The first-order valence-corrected chi connectivity index (χ1v) is 13.8. The molecule has 1 atom stereocenters. The number of sulfonamides is 1. The van der Waals surface area contributed by atoms with Crippen molar-refractivity contribution in [1.82, 2.24) is 14.5 Å². The lowest BCUT2D eigenvalue weighted by atomic mass is 10.0. The van der Waals surface area contributed by atoms with Crippen LogP contribution in [0.1, 0.15) is 29.7 Å². The normalized spacial score (nSPS) is 12.2. The maximum Gasteiger partial charge on any atom is 0.247 e. The highest BCUT2D eigenvalue weighted by molar-refractivity contribution is 7.88. The number of amides is 2. The van der Waals surface area contributed by atoms with Crippen molar-refractivity contribution in [2.24, 2.45) is 0 Å². The minimum Gasteiger partial charge on any atom is -0.354 e. The van der Waals surface area contributed by atoms with Crippen molar-refractivity contribution in [2.45, 2.75) is 26.1 Å². The van der Waals surface area contributed by atoms with Crippen molar-refractivity contribution in [3.63, 3.8) is 0 Å². The number of hydrogen-bond donors (Lipinski definition) is 1. The molecule has 0 aliphatic heterocycles. The Kier molecular flexibility index (Phi) is 9.64. The van der Waals surface area contributed by atoms with Crippen LogP contribution < -0.4 is 5.32 Å². The molecule has 0 aliphatic carbocycles. The van der Waals surface area contributed by atoms with E-state index in [4.69, 9.17) is 11.6 Å². The van der Waals surface area contributed by atoms with E-state index in [9.17, 15) is 18.0 Å². The highest BCUT2D eigenvalue weighted by Crippen LogP contribution is 2.25. The second-order valence-electron chi connectivity index (χ2n) is 8.37. The fourth-order valence-electron chi connectivity index (χ4n) is 3.81. The SMILES string of the molecule is CCNC(=O)[C@@H](c1ccccc1)N(Cc1ccc(Cl)cc1)C(=O)CN(Cc1ccccc1)S(C)(=O)=O. The van der Waals surface area contributed by atoms with Crippen LogP contribution >= 0.6 is 11.6 Å². The predicted octanol–water partition coefficient (Wildman–Crippen LogP) is 4.01. The average Bonchev–Trinajstić information content (AvgIpc) is 2.85. The Balaban J connectivity index is 2.00. The van der Waals surface area contributed by atoms with Crippen molar-refractivity contribution in [3.8, 4) is 0 Å². The molecule has 1 N–H and O–H groups in total. The maximum absolute atomic E-state index is 13.8. The summed E-state index contributed by atoms with van der Waals surface area (Å²) >= 11 is 6.04. The Hall–Kier alpha value is -3.20. The Morgan fingerprint density at radius 3 is 1.97 bits per heavy atom. The van der Waals surface area contributed by atoms with E-state index < -0.39 is 28.5 Å². The predicted molar refractivity (Wildman–Crippen MR) is 142 cm³/mol. The van der Waals surface area contributed by atoms with Crippen LogP contribution in [0, 0.1) is 0 Å². The molecular weight excluding hydrogens is 498 g/mol. The van der Waals surface area contributed by atoms with Gasteiger partial charge in [-0.2, -0.15) is 4.31 Å². The van der Waals surface area contributed by atoms with Gasteiger partial charge in [-0.15, -0.1) is 0 Å². The zero-order valence-corrected chi connectivity index (χ0v) is 21.9. The topological polar surface area (TPSA) is 86.8 Å². The maximum atomic E-state index is 13.8. The van der Waals surface area contributed by atoms with Crippen LogP contribution in [-0.4, -0.2) is 48.8 Å². The van der Waals surface area contributed by atoms with E-state index in [2.05, 4.69) is 5.32 Å². The third-order valence-corrected chi connectivity index (χ3v) is 7.04. The molecule has 3 rings (SSSR count). The molecule has 190 valence electrons. The summed E-state index contributed by atoms with van der Waals surface area (Å²) in [4.78, 5) is 28.5. The van der Waals surface area contributed by atoms with Crippen LogP contribution in [-0.2, 0) is 32.7 Å². The van der Waals surface area contributed by atoms with Gasteiger partial charge in [-0.25, -0.2) is 8.42 Å². The summed E-state index contributed by atoms with van der Waals surface area (Å²) in [5.41, 5.74) is 2.13. The zero-order valence-electron chi connectivity index (χ0n) is 20.3. The number of nitrogens with zero attached hydrogens (tertiary/aromatic N) is 2. The number of carbonyl (C=O) groups is 2. The molecule has 0 radical (unpaired) electrons. The van der Waals surface area contributed by atoms with Gasteiger partial charge in [-0.1, -0.05) is 84.4 Å². The van der Waals surface area contributed by atoms with Gasteiger partial charge >= 0.3 is 0 Å². The molecule has 0 spiro atoms. The molecule has 0 saturated heterocycles. The van der Waals surface area contributed by atoms with Crippen LogP contribution in [0.4, 0.5) is 0 Å². The van der Waals surface area contributed by atoms with E-state index in [1.807, 2.05) is 24.3 Å². The van der Waals surface area contributed by atoms with Crippen LogP contribution in [0.3, 0.4) is 0 Å². The van der Waals surface area contributed by atoms with Gasteiger partial charge in [0.1, 0.15) is 6.04 Å².